The first-order chi connectivity index (χ1) is 20.0. The van der Waals surface area contributed by atoms with E-state index >= 15 is 0 Å². The third-order valence-electron chi connectivity index (χ3n) is 9.19. The van der Waals surface area contributed by atoms with Gasteiger partial charge in [0.05, 0.1) is 12.0 Å². The number of amides is 2. The first-order valence-corrected chi connectivity index (χ1v) is 15.8. The second kappa shape index (κ2) is 11.9. The van der Waals surface area contributed by atoms with E-state index in [-0.39, 0.29) is 29.3 Å². The standard InChI is InChI=1S/C33H39N3O4S/c1-21-15-20-41-31(21)27-26(30(37)25-14-13-22(2)40-25)28(23-9-5-3-6-10-23)36(32(38)24-11-7-4-8-12-24)29(27)33(39)35-18-16-34-17-19-35/h3,5-6,9-10,13-15,20,24,26-29,34H,4,7-8,11-12,16-19H2,1-2H3. The fourth-order valence-corrected chi connectivity index (χ4v) is 8.28. The van der Waals surface area contributed by atoms with Gasteiger partial charge in [0.25, 0.3) is 0 Å². The summed E-state index contributed by atoms with van der Waals surface area (Å²) in [4.78, 5) is 48.7. The van der Waals surface area contributed by atoms with E-state index in [0.29, 0.717) is 31.9 Å². The SMILES string of the molecule is Cc1ccc(C(=O)C2C(c3sccc3C)C(C(=O)N3CCNCC3)N(C(=O)C3CCCCC3)C2c2ccccc2)o1. The Morgan fingerprint density at radius 3 is 2.27 bits per heavy atom. The van der Waals surface area contributed by atoms with Crippen molar-refractivity contribution in [1.82, 2.24) is 15.1 Å². The molecule has 1 aromatic carbocycles. The summed E-state index contributed by atoms with van der Waals surface area (Å²) >= 11 is 1.58. The van der Waals surface area contributed by atoms with E-state index in [1.165, 1.54) is 0 Å². The summed E-state index contributed by atoms with van der Waals surface area (Å²) in [7, 11) is 0. The van der Waals surface area contributed by atoms with E-state index in [4.69, 9.17) is 4.42 Å². The van der Waals surface area contributed by atoms with Crippen molar-refractivity contribution in [3.63, 3.8) is 0 Å². The van der Waals surface area contributed by atoms with Crippen LogP contribution < -0.4 is 5.32 Å². The van der Waals surface area contributed by atoms with Crippen molar-refractivity contribution in [2.75, 3.05) is 26.2 Å². The van der Waals surface area contributed by atoms with E-state index in [9.17, 15) is 14.4 Å². The van der Waals surface area contributed by atoms with E-state index in [1.807, 2.05) is 65.4 Å². The molecular formula is C33H39N3O4S. The van der Waals surface area contributed by atoms with Crippen LogP contribution in [0.15, 0.2) is 58.3 Å². The number of carbonyl (C=O) groups excluding carboxylic acids is 3. The van der Waals surface area contributed by atoms with Gasteiger partial charge in [-0.05, 0) is 61.4 Å². The number of hydrogen-bond donors (Lipinski definition) is 1. The number of nitrogens with zero attached hydrogens (tertiary/aromatic N) is 2. The molecule has 3 fully saturated rings. The van der Waals surface area contributed by atoms with Gasteiger partial charge in [-0.1, -0.05) is 49.6 Å². The lowest BCUT2D eigenvalue weighted by Gasteiger charge is -2.38. The molecule has 3 aliphatic rings. The topological polar surface area (TPSA) is 82.9 Å². The average Bonchev–Trinajstić information content (AvgIpc) is 3.74. The summed E-state index contributed by atoms with van der Waals surface area (Å²) in [5.74, 6) is -0.530. The minimum atomic E-state index is -0.768. The molecule has 2 aliphatic heterocycles. The van der Waals surface area contributed by atoms with Crippen molar-refractivity contribution in [2.45, 2.75) is 64.0 Å². The van der Waals surface area contributed by atoms with Crippen LogP contribution in [-0.2, 0) is 9.59 Å². The molecular weight excluding hydrogens is 534 g/mol. The van der Waals surface area contributed by atoms with Gasteiger partial charge in [0.1, 0.15) is 11.8 Å². The van der Waals surface area contributed by atoms with Crippen molar-refractivity contribution in [3.05, 3.63) is 81.4 Å². The summed E-state index contributed by atoms with van der Waals surface area (Å²) in [6.45, 7) is 6.48. The number of nitrogens with one attached hydrogen (secondary N) is 1. The van der Waals surface area contributed by atoms with Gasteiger partial charge in [0, 0.05) is 42.9 Å². The maximum absolute atomic E-state index is 14.7. The zero-order valence-electron chi connectivity index (χ0n) is 23.9. The van der Waals surface area contributed by atoms with Crippen LogP contribution in [-0.4, -0.2) is 59.6 Å². The molecule has 1 aliphatic carbocycles. The molecule has 1 saturated carbocycles. The molecule has 2 amide bonds. The smallest absolute Gasteiger partial charge is 0.246 e. The Kier molecular flexibility index (Phi) is 8.13. The Morgan fingerprint density at radius 1 is 0.902 bits per heavy atom. The number of Topliss-reactive ketones (excluding diaryl/α,β-unsaturated/α-hetero) is 1. The normalized spacial score (nSPS) is 25.4. The van der Waals surface area contributed by atoms with Crippen molar-refractivity contribution in [2.24, 2.45) is 11.8 Å². The van der Waals surface area contributed by atoms with Gasteiger partial charge >= 0.3 is 0 Å². The molecule has 2 saturated heterocycles. The molecule has 41 heavy (non-hydrogen) atoms. The predicted molar refractivity (Wildman–Crippen MR) is 159 cm³/mol. The van der Waals surface area contributed by atoms with Crippen LogP contribution in [0.4, 0.5) is 0 Å². The van der Waals surface area contributed by atoms with E-state index < -0.39 is 23.9 Å². The zero-order valence-corrected chi connectivity index (χ0v) is 24.7. The number of likely N-dealkylation sites (tertiary alicyclic amines) is 1. The monoisotopic (exact) mass is 573 g/mol. The summed E-state index contributed by atoms with van der Waals surface area (Å²) in [5, 5.41) is 5.37. The highest BCUT2D eigenvalue weighted by Crippen LogP contribution is 2.54. The Labute approximate surface area is 245 Å². The Morgan fingerprint density at radius 2 is 1.63 bits per heavy atom. The number of benzene rings is 1. The highest BCUT2D eigenvalue weighted by atomic mass is 32.1. The zero-order chi connectivity index (χ0) is 28.5. The van der Waals surface area contributed by atoms with Gasteiger partial charge in [0.2, 0.25) is 17.6 Å². The van der Waals surface area contributed by atoms with Gasteiger partial charge in [-0.2, -0.15) is 0 Å². The van der Waals surface area contributed by atoms with Gasteiger partial charge in [-0.25, -0.2) is 0 Å². The molecule has 1 N–H and O–H groups in total. The molecule has 0 bridgehead atoms. The molecule has 8 heteroatoms. The first-order valence-electron chi connectivity index (χ1n) is 15.0. The number of thiophene rings is 1. The number of hydrogen-bond acceptors (Lipinski definition) is 6. The van der Waals surface area contributed by atoms with Crippen molar-refractivity contribution in [3.8, 4) is 0 Å². The van der Waals surface area contributed by atoms with Crippen molar-refractivity contribution in [1.29, 1.82) is 0 Å². The molecule has 3 aromatic rings. The van der Waals surface area contributed by atoms with E-state index in [0.717, 1.165) is 48.1 Å². The highest BCUT2D eigenvalue weighted by Gasteiger charge is 2.59. The number of ketones is 1. The lowest BCUT2D eigenvalue weighted by Crippen LogP contribution is -2.55. The minimum absolute atomic E-state index is 0.0113. The fraction of sp³-hybridized carbons (Fsp3) is 0.485. The third kappa shape index (κ3) is 5.28. The van der Waals surface area contributed by atoms with Crippen LogP contribution in [0.2, 0.25) is 0 Å². The van der Waals surface area contributed by atoms with E-state index in [1.54, 1.807) is 23.5 Å². The summed E-state index contributed by atoms with van der Waals surface area (Å²) in [5.41, 5.74) is 1.93. The van der Waals surface area contributed by atoms with Gasteiger partial charge < -0.3 is 19.5 Å². The van der Waals surface area contributed by atoms with Crippen LogP contribution in [0.1, 0.15) is 76.4 Å². The molecule has 6 rings (SSSR count). The third-order valence-corrected chi connectivity index (χ3v) is 10.3. The number of aryl methyl sites for hydroxylation is 2. The average molecular weight is 574 g/mol. The largest absolute Gasteiger partial charge is 0.458 e. The van der Waals surface area contributed by atoms with Crippen LogP contribution in [0, 0.1) is 25.7 Å². The fourth-order valence-electron chi connectivity index (χ4n) is 7.18. The predicted octanol–water partition coefficient (Wildman–Crippen LogP) is 5.50. The summed E-state index contributed by atoms with van der Waals surface area (Å²) in [6, 6.07) is 14.1. The van der Waals surface area contributed by atoms with Gasteiger partial charge in [0.15, 0.2) is 5.76 Å². The second-order valence-corrected chi connectivity index (χ2v) is 12.7. The van der Waals surface area contributed by atoms with Crippen LogP contribution in [0.5, 0.6) is 0 Å². The van der Waals surface area contributed by atoms with Crippen LogP contribution in [0.3, 0.4) is 0 Å². The molecule has 4 atom stereocenters. The molecule has 4 heterocycles. The molecule has 0 radical (unpaired) electrons. The lowest BCUT2D eigenvalue weighted by atomic mass is 9.79. The number of carbonyl (C=O) groups is 3. The quantitative estimate of drug-likeness (QED) is 0.394. The van der Waals surface area contributed by atoms with Crippen molar-refractivity contribution < 1.29 is 18.8 Å². The molecule has 2 aromatic heterocycles. The maximum Gasteiger partial charge on any atom is 0.246 e. The molecule has 4 unspecified atom stereocenters. The minimum Gasteiger partial charge on any atom is -0.458 e. The Hall–Kier alpha value is -3.23. The van der Waals surface area contributed by atoms with Crippen LogP contribution >= 0.6 is 11.3 Å². The van der Waals surface area contributed by atoms with Crippen molar-refractivity contribution >= 4 is 28.9 Å². The van der Waals surface area contributed by atoms with Crippen LogP contribution in [0.25, 0.3) is 0 Å². The summed E-state index contributed by atoms with van der Waals surface area (Å²) < 4.78 is 5.91. The molecule has 0 spiro atoms. The number of piperazine rings is 1. The molecule has 216 valence electrons. The number of furan rings is 1. The Bertz CT molecular complexity index is 1390. The van der Waals surface area contributed by atoms with E-state index in [2.05, 4.69) is 5.32 Å². The lowest BCUT2D eigenvalue weighted by molar-refractivity contribution is -0.149. The second-order valence-electron chi connectivity index (χ2n) is 11.8. The number of rotatable bonds is 6. The first kappa shape index (κ1) is 27.9. The highest BCUT2D eigenvalue weighted by molar-refractivity contribution is 7.10. The Balaban J connectivity index is 1.56. The maximum atomic E-state index is 14.7. The van der Waals surface area contributed by atoms with Gasteiger partial charge in [-0.15, -0.1) is 11.3 Å². The summed E-state index contributed by atoms with van der Waals surface area (Å²) in [6.07, 6.45) is 4.80. The molecule has 7 nitrogen and oxygen atoms in total. The van der Waals surface area contributed by atoms with Gasteiger partial charge in [-0.3, -0.25) is 14.4 Å².